The summed E-state index contributed by atoms with van der Waals surface area (Å²) in [5.74, 6) is 2.20. The van der Waals surface area contributed by atoms with E-state index in [1.807, 2.05) is 36.5 Å². The van der Waals surface area contributed by atoms with Gasteiger partial charge >= 0.3 is 0 Å². The van der Waals surface area contributed by atoms with Crippen molar-refractivity contribution in [2.45, 2.75) is 13.0 Å². The number of ether oxygens (including phenoxy) is 3. The van der Waals surface area contributed by atoms with Gasteiger partial charge < -0.3 is 19.0 Å². The van der Waals surface area contributed by atoms with Crippen molar-refractivity contribution in [2.75, 3.05) is 60.1 Å². The molecule has 0 amide bonds. The van der Waals surface area contributed by atoms with Crippen molar-refractivity contribution in [2.24, 2.45) is 11.1 Å². The molecule has 0 radical (unpaired) electrons. The third-order valence-electron chi connectivity index (χ3n) is 6.72. The van der Waals surface area contributed by atoms with Crippen LogP contribution in [0.5, 0.6) is 17.2 Å². The molecule has 2 atom stereocenters. The second-order valence-electron chi connectivity index (χ2n) is 9.06. The van der Waals surface area contributed by atoms with Crippen LogP contribution in [0.25, 0.3) is 6.08 Å². The van der Waals surface area contributed by atoms with Crippen LogP contribution in [0.4, 0.5) is 0 Å². The van der Waals surface area contributed by atoms with Crippen molar-refractivity contribution in [3.8, 4) is 17.2 Å². The summed E-state index contributed by atoms with van der Waals surface area (Å²) < 4.78 is 17.0. The maximum Gasteiger partial charge on any atom is 0.164 e. The van der Waals surface area contributed by atoms with Crippen molar-refractivity contribution >= 4 is 11.8 Å². The van der Waals surface area contributed by atoms with Crippen molar-refractivity contribution < 1.29 is 19.0 Å². The summed E-state index contributed by atoms with van der Waals surface area (Å²) in [6, 6.07) is 9.81. The number of aromatic nitrogens is 1. The van der Waals surface area contributed by atoms with Gasteiger partial charge in [0.1, 0.15) is 18.1 Å². The Balaban J connectivity index is 1.15. The lowest BCUT2D eigenvalue weighted by Gasteiger charge is -2.36. The Morgan fingerprint density at radius 3 is 2.59 bits per heavy atom. The normalized spacial score (nSPS) is 22.8. The molecule has 8 nitrogen and oxygen atoms in total. The third kappa shape index (κ3) is 4.74. The van der Waals surface area contributed by atoms with Crippen LogP contribution in [0, 0.1) is 5.92 Å². The molecular formula is C26H32N4O4. The Labute approximate surface area is 200 Å². The number of pyridine rings is 1. The Morgan fingerprint density at radius 2 is 1.85 bits per heavy atom. The van der Waals surface area contributed by atoms with Gasteiger partial charge in [-0.05, 0) is 31.2 Å². The summed E-state index contributed by atoms with van der Waals surface area (Å²) in [6.45, 7) is 8.66. The Hall–Kier alpha value is -3.10. The first-order valence-corrected chi connectivity index (χ1v) is 11.8. The Bertz CT molecular complexity index is 1060. The first-order valence-electron chi connectivity index (χ1n) is 11.8. The number of methoxy groups -OCH3 is 2. The molecule has 0 aliphatic carbocycles. The molecule has 1 fully saturated rings. The number of benzene rings is 1. The fourth-order valence-corrected chi connectivity index (χ4v) is 4.89. The van der Waals surface area contributed by atoms with E-state index in [9.17, 15) is 0 Å². The molecule has 4 heterocycles. The quantitative estimate of drug-likeness (QED) is 0.624. The number of hydrogen-bond acceptors (Lipinski definition) is 8. The fraction of sp³-hybridized carbons (Fsp3) is 0.462. The topological polar surface area (TPSA) is 68.7 Å². The maximum atomic E-state index is 6.07. The number of rotatable bonds is 7. The molecule has 180 valence electrons. The Morgan fingerprint density at radius 1 is 1.09 bits per heavy atom. The minimum Gasteiger partial charge on any atom is -0.493 e. The van der Waals surface area contributed by atoms with E-state index in [2.05, 4.69) is 32.9 Å². The maximum absolute atomic E-state index is 6.07. The van der Waals surface area contributed by atoms with Gasteiger partial charge in [-0.2, -0.15) is 0 Å². The van der Waals surface area contributed by atoms with Gasteiger partial charge in [-0.25, -0.2) is 0 Å². The molecule has 3 aliphatic heterocycles. The highest BCUT2D eigenvalue weighted by Crippen LogP contribution is 2.40. The van der Waals surface area contributed by atoms with E-state index in [1.54, 1.807) is 14.2 Å². The second kappa shape index (κ2) is 10.0. The zero-order valence-corrected chi connectivity index (χ0v) is 20.1. The van der Waals surface area contributed by atoms with Gasteiger partial charge in [-0.15, -0.1) is 0 Å². The number of hydrogen-bond donors (Lipinski definition) is 0. The van der Waals surface area contributed by atoms with E-state index in [0.717, 1.165) is 62.0 Å². The predicted molar refractivity (Wildman–Crippen MR) is 131 cm³/mol. The van der Waals surface area contributed by atoms with Crippen LogP contribution >= 0.6 is 0 Å². The van der Waals surface area contributed by atoms with Crippen molar-refractivity contribution in [1.29, 1.82) is 0 Å². The molecule has 1 aromatic heterocycles. The average Bonchev–Trinajstić information content (AvgIpc) is 3.28. The number of piperazine rings is 1. The van der Waals surface area contributed by atoms with E-state index in [1.165, 1.54) is 5.57 Å². The molecule has 0 N–H and O–H groups in total. The molecule has 1 saturated heterocycles. The highest BCUT2D eigenvalue weighted by atomic mass is 16.6. The van der Waals surface area contributed by atoms with Gasteiger partial charge in [0.05, 0.1) is 25.8 Å². The van der Waals surface area contributed by atoms with Gasteiger partial charge in [0.2, 0.25) is 0 Å². The van der Waals surface area contributed by atoms with Crippen LogP contribution in [-0.2, 0) is 4.84 Å². The summed E-state index contributed by atoms with van der Waals surface area (Å²) in [5.41, 5.74) is 4.21. The van der Waals surface area contributed by atoms with E-state index in [-0.39, 0.29) is 12.0 Å². The van der Waals surface area contributed by atoms with Crippen LogP contribution in [0.2, 0.25) is 0 Å². The third-order valence-corrected chi connectivity index (χ3v) is 6.72. The van der Waals surface area contributed by atoms with Crippen LogP contribution < -0.4 is 14.2 Å². The van der Waals surface area contributed by atoms with Crippen molar-refractivity contribution in [3.63, 3.8) is 0 Å². The molecular weight excluding hydrogens is 432 g/mol. The Kier molecular flexibility index (Phi) is 6.69. The van der Waals surface area contributed by atoms with Crippen LogP contribution in [-0.4, -0.2) is 86.7 Å². The van der Waals surface area contributed by atoms with Crippen LogP contribution in [0.15, 0.2) is 47.3 Å². The van der Waals surface area contributed by atoms with Gasteiger partial charge in [0.15, 0.2) is 17.6 Å². The van der Waals surface area contributed by atoms with E-state index >= 15 is 0 Å². The fourth-order valence-electron chi connectivity index (χ4n) is 4.89. The van der Waals surface area contributed by atoms with Gasteiger partial charge in [0.25, 0.3) is 0 Å². The summed E-state index contributed by atoms with van der Waals surface area (Å²) in [4.78, 5) is 15.3. The van der Waals surface area contributed by atoms with Crippen LogP contribution in [0.1, 0.15) is 18.2 Å². The molecule has 3 aliphatic rings. The molecule has 2 aromatic rings. The molecule has 5 rings (SSSR count). The standard InChI is InChI=1S/C26H32N4O4/c1-18(12-19-6-4-5-7-27-19)15-29-8-10-30(11-9-29)16-25-21-17-33-22-14-24(32-3)23(31-2)13-20(22)26(21)28-34-25/h4-7,12-14,21,25H,8-11,15-17H2,1-3H3. The number of oxime groups is 1. The van der Waals surface area contributed by atoms with Gasteiger partial charge in [-0.3, -0.25) is 14.8 Å². The molecule has 0 bridgehead atoms. The zero-order chi connectivity index (χ0) is 23.5. The molecule has 0 saturated carbocycles. The lowest BCUT2D eigenvalue weighted by atomic mass is 9.90. The molecule has 34 heavy (non-hydrogen) atoms. The molecule has 1 aromatic carbocycles. The predicted octanol–water partition coefficient (Wildman–Crippen LogP) is 2.93. The zero-order valence-electron chi connectivity index (χ0n) is 20.1. The average molecular weight is 465 g/mol. The molecule has 2 unspecified atom stereocenters. The SMILES string of the molecule is COc1cc2c(cc1OC)C1=NOC(CN3CCN(CC(C)=Cc4ccccn4)CC3)C1CO2. The number of fused-ring (bicyclic) bond motifs is 3. The largest absolute Gasteiger partial charge is 0.493 e. The minimum atomic E-state index is -0.00594. The van der Waals surface area contributed by atoms with E-state index in [4.69, 9.17) is 19.0 Å². The van der Waals surface area contributed by atoms with Crippen molar-refractivity contribution in [3.05, 3.63) is 53.4 Å². The lowest BCUT2D eigenvalue weighted by molar-refractivity contribution is 0.0101. The molecule has 8 heteroatoms. The summed E-state index contributed by atoms with van der Waals surface area (Å²) >= 11 is 0. The first kappa shape index (κ1) is 22.7. The van der Waals surface area contributed by atoms with Crippen molar-refractivity contribution in [1.82, 2.24) is 14.8 Å². The smallest absolute Gasteiger partial charge is 0.164 e. The summed E-state index contributed by atoms with van der Waals surface area (Å²) in [6.07, 6.45) is 4.00. The number of nitrogens with zero attached hydrogens (tertiary/aromatic N) is 4. The van der Waals surface area contributed by atoms with Crippen LogP contribution in [0.3, 0.4) is 0 Å². The second-order valence-corrected chi connectivity index (χ2v) is 9.06. The lowest BCUT2D eigenvalue weighted by Crippen LogP contribution is -2.50. The highest BCUT2D eigenvalue weighted by molar-refractivity contribution is 6.06. The minimum absolute atomic E-state index is 0.00594. The van der Waals surface area contributed by atoms with E-state index < -0.39 is 0 Å². The monoisotopic (exact) mass is 464 g/mol. The van der Waals surface area contributed by atoms with Gasteiger partial charge in [-0.1, -0.05) is 16.8 Å². The first-order chi connectivity index (χ1) is 16.6. The molecule has 0 spiro atoms. The summed E-state index contributed by atoms with van der Waals surface area (Å²) in [7, 11) is 3.26. The van der Waals surface area contributed by atoms with Gasteiger partial charge in [0, 0.05) is 57.1 Å². The highest BCUT2D eigenvalue weighted by Gasteiger charge is 2.41. The van der Waals surface area contributed by atoms with E-state index in [0.29, 0.717) is 18.1 Å². The summed E-state index contributed by atoms with van der Waals surface area (Å²) in [5, 5.41) is 4.46.